The summed E-state index contributed by atoms with van der Waals surface area (Å²) in [5, 5.41) is 3.45. The van der Waals surface area contributed by atoms with Gasteiger partial charge in [0.05, 0.1) is 22.4 Å². The molecule has 1 aliphatic rings. The lowest BCUT2D eigenvalue weighted by molar-refractivity contribution is -0.134. The van der Waals surface area contributed by atoms with Crippen LogP contribution < -0.4 is 10.2 Å². The number of benzene rings is 2. The molecular weight excluding hydrogens is 422 g/mol. The molecule has 1 aromatic heterocycles. The third kappa shape index (κ3) is 4.24. The Morgan fingerprint density at radius 2 is 1.77 bits per heavy atom. The molecule has 0 saturated carbocycles. The van der Waals surface area contributed by atoms with E-state index >= 15 is 0 Å². The van der Waals surface area contributed by atoms with Gasteiger partial charge in [-0.05, 0) is 36.4 Å². The smallest absolute Gasteiger partial charge is 0.255 e. The molecule has 2 aromatic carbocycles. The van der Waals surface area contributed by atoms with Gasteiger partial charge in [0.2, 0.25) is 5.91 Å². The standard InChI is InChI=1S/C21H22ClN5O2S/c1-13(2)21(29)27-9-7-26(8-10-27)19-6-4-15(12-16(19)22)23-20(28)14-3-5-17-18(11-14)25-30-24-17/h3-6,11-13H,7-10H2,1-2H3,(H,23,28). The highest BCUT2D eigenvalue weighted by atomic mass is 35.5. The first kappa shape index (κ1) is 20.6. The number of carbonyl (C=O) groups excluding carboxylic acids is 2. The van der Waals surface area contributed by atoms with Crippen LogP contribution >= 0.6 is 23.3 Å². The van der Waals surface area contributed by atoms with E-state index in [-0.39, 0.29) is 17.7 Å². The SMILES string of the molecule is CC(C)C(=O)N1CCN(c2ccc(NC(=O)c3ccc4nsnc4c3)cc2Cl)CC1. The van der Waals surface area contributed by atoms with Gasteiger partial charge in [-0.15, -0.1) is 0 Å². The highest BCUT2D eigenvalue weighted by Gasteiger charge is 2.24. The predicted molar refractivity (Wildman–Crippen MR) is 120 cm³/mol. The van der Waals surface area contributed by atoms with E-state index in [0.29, 0.717) is 34.9 Å². The van der Waals surface area contributed by atoms with Crippen LogP contribution in [0, 0.1) is 5.92 Å². The minimum atomic E-state index is -0.227. The zero-order valence-electron chi connectivity index (χ0n) is 16.8. The quantitative estimate of drug-likeness (QED) is 0.661. The number of anilines is 2. The van der Waals surface area contributed by atoms with Gasteiger partial charge in [0.15, 0.2) is 0 Å². The number of fused-ring (bicyclic) bond motifs is 1. The van der Waals surface area contributed by atoms with Crippen LogP contribution in [-0.4, -0.2) is 51.6 Å². The Labute approximate surface area is 184 Å². The zero-order valence-corrected chi connectivity index (χ0v) is 18.3. The van der Waals surface area contributed by atoms with Crippen molar-refractivity contribution >= 4 is 57.6 Å². The van der Waals surface area contributed by atoms with Crippen LogP contribution in [-0.2, 0) is 4.79 Å². The number of halogens is 1. The van der Waals surface area contributed by atoms with E-state index in [1.54, 1.807) is 24.3 Å². The Hall–Kier alpha value is -2.71. The molecule has 0 spiro atoms. The molecule has 0 aliphatic carbocycles. The predicted octanol–water partition coefficient (Wildman–Crippen LogP) is 3.90. The number of aromatic nitrogens is 2. The van der Waals surface area contributed by atoms with E-state index in [2.05, 4.69) is 19.0 Å². The maximum atomic E-state index is 12.6. The monoisotopic (exact) mass is 443 g/mol. The molecule has 156 valence electrons. The second-order valence-electron chi connectivity index (χ2n) is 7.56. The molecule has 2 heterocycles. The molecular formula is C21H22ClN5O2S. The van der Waals surface area contributed by atoms with E-state index < -0.39 is 0 Å². The number of hydrogen-bond donors (Lipinski definition) is 1. The fourth-order valence-electron chi connectivity index (χ4n) is 3.50. The molecule has 1 saturated heterocycles. The number of nitrogens with zero attached hydrogens (tertiary/aromatic N) is 4. The number of carbonyl (C=O) groups is 2. The highest BCUT2D eigenvalue weighted by Crippen LogP contribution is 2.30. The van der Waals surface area contributed by atoms with Crippen molar-refractivity contribution in [3.05, 3.63) is 47.0 Å². The van der Waals surface area contributed by atoms with Crippen molar-refractivity contribution in [2.45, 2.75) is 13.8 Å². The van der Waals surface area contributed by atoms with Crippen LogP contribution in [0.3, 0.4) is 0 Å². The molecule has 9 heteroatoms. The number of hydrogen-bond acceptors (Lipinski definition) is 6. The normalized spacial score (nSPS) is 14.4. The average Bonchev–Trinajstić information content (AvgIpc) is 3.21. The molecule has 30 heavy (non-hydrogen) atoms. The number of piperazine rings is 1. The molecule has 7 nitrogen and oxygen atoms in total. The molecule has 1 fully saturated rings. The van der Waals surface area contributed by atoms with E-state index in [0.717, 1.165) is 36.0 Å². The third-order valence-corrected chi connectivity index (χ3v) is 6.01. The van der Waals surface area contributed by atoms with Gasteiger partial charge in [0.25, 0.3) is 5.91 Å². The van der Waals surface area contributed by atoms with Crippen molar-refractivity contribution < 1.29 is 9.59 Å². The molecule has 1 N–H and O–H groups in total. The van der Waals surface area contributed by atoms with Crippen molar-refractivity contribution in [2.75, 3.05) is 36.4 Å². The fraction of sp³-hybridized carbons (Fsp3) is 0.333. The molecule has 0 atom stereocenters. The zero-order chi connectivity index (χ0) is 21.3. The Bertz CT molecular complexity index is 1090. The molecule has 0 bridgehead atoms. The first-order valence-corrected chi connectivity index (χ1v) is 10.9. The Kier molecular flexibility index (Phi) is 5.87. The van der Waals surface area contributed by atoms with E-state index in [1.807, 2.05) is 30.9 Å². The Morgan fingerprint density at radius 3 is 2.47 bits per heavy atom. The third-order valence-electron chi connectivity index (χ3n) is 5.15. The Balaban J connectivity index is 1.42. The molecule has 0 radical (unpaired) electrons. The maximum absolute atomic E-state index is 12.6. The number of nitrogens with one attached hydrogen (secondary N) is 1. The maximum Gasteiger partial charge on any atom is 0.255 e. The van der Waals surface area contributed by atoms with Gasteiger partial charge in [0, 0.05) is 43.3 Å². The van der Waals surface area contributed by atoms with E-state index in [4.69, 9.17) is 11.6 Å². The second-order valence-corrected chi connectivity index (χ2v) is 8.49. The molecule has 0 unspecified atom stereocenters. The Morgan fingerprint density at radius 1 is 1.03 bits per heavy atom. The first-order valence-electron chi connectivity index (χ1n) is 9.79. The highest BCUT2D eigenvalue weighted by molar-refractivity contribution is 7.00. The van der Waals surface area contributed by atoms with Crippen molar-refractivity contribution in [1.29, 1.82) is 0 Å². The minimum absolute atomic E-state index is 0.00975. The summed E-state index contributed by atoms with van der Waals surface area (Å²) in [5.41, 5.74) is 3.52. The summed E-state index contributed by atoms with van der Waals surface area (Å²) in [6.45, 7) is 6.66. The van der Waals surface area contributed by atoms with Gasteiger partial charge in [-0.25, -0.2) is 0 Å². The average molecular weight is 444 g/mol. The van der Waals surface area contributed by atoms with Gasteiger partial charge < -0.3 is 15.1 Å². The van der Waals surface area contributed by atoms with Gasteiger partial charge in [-0.1, -0.05) is 25.4 Å². The van der Waals surface area contributed by atoms with Crippen LogP contribution in [0.1, 0.15) is 24.2 Å². The van der Waals surface area contributed by atoms with Crippen molar-refractivity contribution in [3.63, 3.8) is 0 Å². The number of rotatable bonds is 4. The summed E-state index contributed by atoms with van der Waals surface area (Å²) in [6.07, 6.45) is 0. The largest absolute Gasteiger partial charge is 0.367 e. The van der Waals surface area contributed by atoms with Crippen molar-refractivity contribution in [3.8, 4) is 0 Å². The van der Waals surface area contributed by atoms with Crippen LogP contribution in [0.4, 0.5) is 11.4 Å². The summed E-state index contributed by atoms with van der Waals surface area (Å²) in [6, 6.07) is 10.7. The van der Waals surface area contributed by atoms with Crippen LogP contribution in [0.15, 0.2) is 36.4 Å². The molecule has 2 amide bonds. The lowest BCUT2D eigenvalue weighted by Gasteiger charge is -2.37. The summed E-state index contributed by atoms with van der Waals surface area (Å²) in [4.78, 5) is 28.8. The summed E-state index contributed by atoms with van der Waals surface area (Å²) >= 11 is 7.64. The molecule has 4 rings (SSSR count). The van der Waals surface area contributed by atoms with Crippen molar-refractivity contribution in [2.24, 2.45) is 5.92 Å². The van der Waals surface area contributed by atoms with Gasteiger partial charge in [-0.3, -0.25) is 9.59 Å². The minimum Gasteiger partial charge on any atom is -0.367 e. The lowest BCUT2D eigenvalue weighted by Crippen LogP contribution is -2.50. The van der Waals surface area contributed by atoms with Gasteiger partial charge in [0.1, 0.15) is 11.0 Å². The van der Waals surface area contributed by atoms with Crippen LogP contribution in [0.2, 0.25) is 5.02 Å². The molecule has 3 aromatic rings. The summed E-state index contributed by atoms with van der Waals surface area (Å²) in [7, 11) is 0. The van der Waals surface area contributed by atoms with E-state index in [1.165, 1.54) is 0 Å². The van der Waals surface area contributed by atoms with Crippen LogP contribution in [0.5, 0.6) is 0 Å². The lowest BCUT2D eigenvalue weighted by atomic mass is 10.1. The second kappa shape index (κ2) is 8.57. The summed E-state index contributed by atoms with van der Waals surface area (Å²) in [5.74, 6) is -0.0320. The molecule has 1 aliphatic heterocycles. The van der Waals surface area contributed by atoms with Gasteiger partial charge >= 0.3 is 0 Å². The first-order chi connectivity index (χ1) is 14.4. The van der Waals surface area contributed by atoms with Gasteiger partial charge in [-0.2, -0.15) is 8.75 Å². The fourth-order valence-corrected chi connectivity index (χ4v) is 4.32. The number of amides is 2. The van der Waals surface area contributed by atoms with Crippen molar-refractivity contribution in [1.82, 2.24) is 13.6 Å². The topological polar surface area (TPSA) is 78.4 Å². The van der Waals surface area contributed by atoms with E-state index in [9.17, 15) is 9.59 Å². The summed E-state index contributed by atoms with van der Waals surface area (Å²) < 4.78 is 8.32. The van der Waals surface area contributed by atoms with Crippen LogP contribution in [0.25, 0.3) is 11.0 Å².